The molecule has 0 heterocycles. The minimum absolute atomic E-state index is 0.248. The molecule has 1 N–H and O–H groups in total. The lowest BCUT2D eigenvalue weighted by molar-refractivity contribution is 0.195. The van der Waals surface area contributed by atoms with Crippen LogP contribution in [-0.4, -0.2) is 11.2 Å². The van der Waals surface area contributed by atoms with E-state index in [1.165, 1.54) is 0 Å². The van der Waals surface area contributed by atoms with E-state index in [4.69, 9.17) is 5.11 Å². The zero-order valence-electron chi connectivity index (χ0n) is 5.84. The van der Waals surface area contributed by atoms with Crippen LogP contribution in [-0.2, 0) is 0 Å². The molecule has 54 valence electrons. The molecular formula is C7H13IO. The van der Waals surface area contributed by atoms with Crippen molar-refractivity contribution in [2.24, 2.45) is 5.92 Å². The average Bonchev–Trinajstić information content (AvgIpc) is 1.63. The summed E-state index contributed by atoms with van der Waals surface area (Å²) in [6.07, 6.45) is 2.42. The fourth-order valence-corrected chi connectivity index (χ4v) is 1.12. The van der Waals surface area contributed by atoms with Crippen LogP contribution in [0.2, 0.25) is 0 Å². The summed E-state index contributed by atoms with van der Waals surface area (Å²) < 4.78 is 1.85. The minimum Gasteiger partial charge on any atom is -0.389 e. The largest absolute Gasteiger partial charge is 0.389 e. The first-order valence-electron chi connectivity index (χ1n) is 3.11. The van der Waals surface area contributed by atoms with E-state index < -0.39 is 0 Å². The van der Waals surface area contributed by atoms with Crippen molar-refractivity contribution in [1.82, 2.24) is 0 Å². The first kappa shape index (κ1) is 9.43. The highest BCUT2D eigenvalue weighted by Crippen LogP contribution is 2.05. The van der Waals surface area contributed by atoms with Crippen LogP contribution in [0, 0.1) is 5.92 Å². The molecule has 0 bridgehead atoms. The second kappa shape index (κ2) is 5.23. The maximum atomic E-state index is 9.13. The van der Waals surface area contributed by atoms with E-state index in [1.54, 1.807) is 6.08 Å². The number of hydrogen-bond acceptors (Lipinski definition) is 1. The van der Waals surface area contributed by atoms with E-state index in [1.807, 2.05) is 4.08 Å². The van der Waals surface area contributed by atoms with Gasteiger partial charge in [-0.05, 0) is 16.4 Å². The Bertz CT molecular complexity index is 88.9. The van der Waals surface area contributed by atoms with Gasteiger partial charge in [0.05, 0.1) is 6.10 Å². The van der Waals surface area contributed by atoms with Gasteiger partial charge in [0.1, 0.15) is 0 Å². The lowest BCUT2D eigenvalue weighted by Gasteiger charge is -2.06. The molecule has 1 nitrogen and oxygen atoms in total. The zero-order valence-corrected chi connectivity index (χ0v) is 8.00. The van der Waals surface area contributed by atoms with Crippen LogP contribution in [0.4, 0.5) is 0 Å². The lowest BCUT2D eigenvalue weighted by Crippen LogP contribution is -2.05. The molecule has 0 rings (SSSR count). The van der Waals surface area contributed by atoms with E-state index in [-0.39, 0.29) is 6.10 Å². The summed E-state index contributed by atoms with van der Waals surface area (Å²) in [5.41, 5.74) is 0. The normalized spacial score (nSPS) is 15.2. The standard InChI is InChI=1S/C7H13IO/c1-6(2)5-7(9)3-4-8/h3-4,6-7,9H,5H2,1-2H3/b4-3-. The third kappa shape index (κ3) is 6.31. The molecule has 0 amide bonds. The Kier molecular flexibility index (Phi) is 5.48. The summed E-state index contributed by atoms with van der Waals surface area (Å²) in [5, 5.41) is 9.13. The summed E-state index contributed by atoms with van der Waals surface area (Å²) in [6.45, 7) is 4.20. The quantitative estimate of drug-likeness (QED) is 0.750. The molecule has 1 unspecified atom stereocenters. The Morgan fingerprint density at radius 2 is 2.11 bits per heavy atom. The predicted octanol–water partition coefficient (Wildman–Crippen LogP) is 2.34. The Labute approximate surface area is 70.3 Å². The van der Waals surface area contributed by atoms with Crippen molar-refractivity contribution in [2.45, 2.75) is 26.4 Å². The van der Waals surface area contributed by atoms with Gasteiger partial charge in [-0.25, -0.2) is 0 Å². The molecule has 0 saturated carbocycles. The highest BCUT2D eigenvalue weighted by atomic mass is 127. The Hall–Kier alpha value is 0.430. The van der Waals surface area contributed by atoms with E-state index in [0.717, 1.165) is 6.42 Å². The molecule has 0 aliphatic carbocycles. The highest BCUT2D eigenvalue weighted by Gasteiger charge is 2.00. The van der Waals surface area contributed by atoms with Crippen LogP contribution in [0.5, 0.6) is 0 Å². The van der Waals surface area contributed by atoms with Gasteiger partial charge in [-0.3, -0.25) is 0 Å². The van der Waals surface area contributed by atoms with Crippen molar-refractivity contribution >= 4 is 22.6 Å². The SMILES string of the molecule is CC(C)CC(O)/C=C\I. The van der Waals surface area contributed by atoms with Crippen LogP contribution in [0.25, 0.3) is 0 Å². The van der Waals surface area contributed by atoms with E-state index >= 15 is 0 Å². The molecule has 0 radical (unpaired) electrons. The summed E-state index contributed by atoms with van der Waals surface area (Å²) in [4.78, 5) is 0. The second-order valence-corrected chi connectivity index (χ2v) is 3.23. The lowest BCUT2D eigenvalue weighted by atomic mass is 10.1. The number of hydrogen-bond donors (Lipinski definition) is 1. The Morgan fingerprint density at radius 1 is 1.56 bits per heavy atom. The Balaban J connectivity index is 3.38. The molecular weight excluding hydrogens is 227 g/mol. The molecule has 0 spiro atoms. The van der Waals surface area contributed by atoms with Gasteiger partial charge in [-0.15, -0.1) is 0 Å². The molecule has 0 aliphatic rings. The number of aliphatic hydroxyl groups excluding tert-OH is 1. The van der Waals surface area contributed by atoms with Gasteiger partial charge in [0.15, 0.2) is 0 Å². The third-order valence-corrected chi connectivity index (χ3v) is 1.42. The molecule has 0 saturated heterocycles. The fraction of sp³-hybridized carbons (Fsp3) is 0.714. The van der Waals surface area contributed by atoms with E-state index in [9.17, 15) is 0 Å². The average molecular weight is 240 g/mol. The van der Waals surface area contributed by atoms with Crippen molar-refractivity contribution in [2.75, 3.05) is 0 Å². The van der Waals surface area contributed by atoms with Crippen LogP contribution in [0.1, 0.15) is 20.3 Å². The van der Waals surface area contributed by atoms with Gasteiger partial charge in [0, 0.05) is 0 Å². The first-order chi connectivity index (χ1) is 4.16. The predicted molar refractivity (Wildman–Crippen MR) is 48.6 cm³/mol. The second-order valence-electron chi connectivity index (χ2n) is 2.52. The molecule has 9 heavy (non-hydrogen) atoms. The fourth-order valence-electron chi connectivity index (χ4n) is 0.646. The molecule has 1 atom stereocenters. The maximum absolute atomic E-state index is 9.13. The summed E-state index contributed by atoms with van der Waals surface area (Å²) in [7, 11) is 0. The van der Waals surface area contributed by atoms with Gasteiger partial charge < -0.3 is 5.11 Å². The van der Waals surface area contributed by atoms with Gasteiger partial charge in [0.2, 0.25) is 0 Å². The van der Waals surface area contributed by atoms with Crippen molar-refractivity contribution in [3.05, 3.63) is 10.2 Å². The maximum Gasteiger partial charge on any atom is 0.0730 e. The zero-order chi connectivity index (χ0) is 7.28. The van der Waals surface area contributed by atoms with Crippen LogP contribution in [0.3, 0.4) is 0 Å². The van der Waals surface area contributed by atoms with Crippen molar-refractivity contribution in [1.29, 1.82) is 0 Å². The molecule has 0 aromatic carbocycles. The number of rotatable bonds is 3. The summed E-state index contributed by atoms with van der Waals surface area (Å²) in [6, 6.07) is 0. The van der Waals surface area contributed by atoms with E-state index in [2.05, 4.69) is 36.4 Å². The molecule has 0 aromatic heterocycles. The van der Waals surface area contributed by atoms with Gasteiger partial charge >= 0.3 is 0 Å². The monoisotopic (exact) mass is 240 g/mol. The topological polar surface area (TPSA) is 20.2 Å². The molecule has 0 aromatic rings. The van der Waals surface area contributed by atoms with Gasteiger partial charge in [-0.1, -0.05) is 42.5 Å². The minimum atomic E-state index is -0.248. The Morgan fingerprint density at radius 3 is 2.44 bits per heavy atom. The first-order valence-corrected chi connectivity index (χ1v) is 4.36. The smallest absolute Gasteiger partial charge is 0.0730 e. The number of halogens is 1. The van der Waals surface area contributed by atoms with Crippen molar-refractivity contribution < 1.29 is 5.11 Å². The summed E-state index contributed by atoms with van der Waals surface area (Å²) in [5.74, 6) is 0.576. The van der Waals surface area contributed by atoms with Gasteiger partial charge in [0.25, 0.3) is 0 Å². The summed E-state index contributed by atoms with van der Waals surface area (Å²) >= 11 is 2.11. The van der Waals surface area contributed by atoms with Crippen LogP contribution < -0.4 is 0 Å². The van der Waals surface area contributed by atoms with Crippen LogP contribution in [0.15, 0.2) is 10.2 Å². The van der Waals surface area contributed by atoms with Gasteiger partial charge in [-0.2, -0.15) is 0 Å². The third-order valence-electron chi connectivity index (χ3n) is 1.01. The molecule has 2 heteroatoms. The highest BCUT2D eigenvalue weighted by molar-refractivity contribution is 14.1. The van der Waals surface area contributed by atoms with Crippen molar-refractivity contribution in [3.63, 3.8) is 0 Å². The molecule has 0 fully saturated rings. The van der Waals surface area contributed by atoms with Crippen LogP contribution >= 0.6 is 22.6 Å². The van der Waals surface area contributed by atoms with E-state index in [0.29, 0.717) is 5.92 Å². The molecule has 0 aliphatic heterocycles. The number of aliphatic hydroxyl groups is 1. The van der Waals surface area contributed by atoms with Crippen molar-refractivity contribution in [3.8, 4) is 0 Å².